The van der Waals surface area contributed by atoms with Gasteiger partial charge in [-0.15, -0.1) is 0 Å². The molecule has 0 aromatic heterocycles. The Kier molecular flexibility index (Phi) is 2.95. The second kappa shape index (κ2) is 3.69. The van der Waals surface area contributed by atoms with Crippen LogP contribution in [0.15, 0.2) is 0 Å². The first-order valence-electron chi connectivity index (χ1n) is 4.94. The zero-order valence-corrected chi connectivity index (χ0v) is 8.91. The van der Waals surface area contributed by atoms with Crippen molar-refractivity contribution >= 4 is 11.8 Å². The Morgan fingerprint density at radius 1 is 1.57 bits per heavy atom. The van der Waals surface area contributed by atoms with E-state index in [2.05, 4.69) is 0 Å². The smallest absolute Gasteiger partial charge is 0.232 e. The molecule has 0 bridgehead atoms. The summed E-state index contributed by atoms with van der Waals surface area (Å²) in [6.07, 6.45) is 0.803. The van der Waals surface area contributed by atoms with Crippen LogP contribution >= 0.6 is 0 Å². The van der Waals surface area contributed by atoms with Gasteiger partial charge >= 0.3 is 0 Å². The van der Waals surface area contributed by atoms with Gasteiger partial charge in [0.1, 0.15) is 0 Å². The number of likely N-dealkylation sites (tertiary alicyclic amines) is 1. The van der Waals surface area contributed by atoms with Crippen molar-refractivity contribution in [3.05, 3.63) is 0 Å². The molecule has 1 fully saturated rings. The van der Waals surface area contributed by atoms with Crippen molar-refractivity contribution in [2.75, 3.05) is 6.54 Å². The second-order valence-electron chi connectivity index (χ2n) is 4.27. The maximum atomic E-state index is 11.5. The molecule has 1 rings (SSSR count). The zero-order chi connectivity index (χ0) is 10.9. The molecule has 0 aliphatic carbocycles. The first kappa shape index (κ1) is 11.2. The minimum Gasteiger partial charge on any atom is -0.388 e. The SMILES string of the molecule is CCC(C)(O)CN1C(=O)CC(C)C1=O. The lowest BCUT2D eigenvalue weighted by Crippen LogP contribution is -2.43. The molecule has 80 valence electrons. The molecule has 0 saturated carbocycles. The average molecular weight is 199 g/mol. The summed E-state index contributed by atoms with van der Waals surface area (Å²) in [4.78, 5) is 24.1. The van der Waals surface area contributed by atoms with E-state index in [4.69, 9.17) is 0 Å². The molecule has 0 radical (unpaired) electrons. The first-order chi connectivity index (χ1) is 6.37. The van der Waals surface area contributed by atoms with Crippen LogP contribution in [0.25, 0.3) is 0 Å². The van der Waals surface area contributed by atoms with E-state index in [0.717, 1.165) is 0 Å². The summed E-state index contributed by atoms with van der Waals surface area (Å²) in [5.41, 5.74) is -0.963. The van der Waals surface area contributed by atoms with Crippen LogP contribution in [0.1, 0.15) is 33.6 Å². The van der Waals surface area contributed by atoms with Crippen LogP contribution in [-0.4, -0.2) is 34.0 Å². The molecule has 4 nitrogen and oxygen atoms in total. The third-order valence-corrected chi connectivity index (χ3v) is 2.73. The molecular formula is C10H17NO3. The van der Waals surface area contributed by atoms with Gasteiger partial charge in [-0.2, -0.15) is 0 Å². The number of aliphatic hydroxyl groups is 1. The highest BCUT2D eigenvalue weighted by atomic mass is 16.3. The predicted molar refractivity (Wildman–Crippen MR) is 51.4 cm³/mol. The summed E-state index contributed by atoms with van der Waals surface area (Å²) in [6, 6.07) is 0. The van der Waals surface area contributed by atoms with Crippen LogP contribution in [0.4, 0.5) is 0 Å². The number of hydrogen-bond donors (Lipinski definition) is 1. The summed E-state index contributed by atoms with van der Waals surface area (Å²) < 4.78 is 0. The lowest BCUT2D eigenvalue weighted by molar-refractivity contribution is -0.143. The molecule has 0 spiro atoms. The maximum absolute atomic E-state index is 11.5. The molecule has 1 heterocycles. The van der Waals surface area contributed by atoms with Gasteiger partial charge in [-0.25, -0.2) is 0 Å². The lowest BCUT2D eigenvalue weighted by atomic mass is 10.0. The van der Waals surface area contributed by atoms with Crippen LogP contribution in [0.5, 0.6) is 0 Å². The standard InChI is InChI=1S/C10H17NO3/c1-4-10(3,14)6-11-8(12)5-7(2)9(11)13/h7,14H,4-6H2,1-3H3. The fourth-order valence-corrected chi connectivity index (χ4v) is 1.47. The Labute approximate surface area is 83.9 Å². The molecular weight excluding hydrogens is 182 g/mol. The monoisotopic (exact) mass is 199 g/mol. The van der Waals surface area contributed by atoms with Gasteiger partial charge < -0.3 is 5.11 Å². The van der Waals surface area contributed by atoms with Crippen LogP contribution in [0.2, 0.25) is 0 Å². The number of hydrogen-bond acceptors (Lipinski definition) is 3. The van der Waals surface area contributed by atoms with E-state index in [9.17, 15) is 14.7 Å². The van der Waals surface area contributed by atoms with Gasteiger partial charge in [0.15, 0.2) is 0 Å². The topological polar surface area (TPSA) is 57.6 Å². The van der Waals surface area contributed by atoms with Gasteiger partial charge in [0.05, 0.1) is 12.1 Å². The Morgan fingerprint density at radius 3 is 2.50 bits per heavy atom. The Bertz CT molecular complexity index is 260. The number of carbonyl (C=O) groups excluding carboxylic acids is 2. The fraction of sp³-hybridized carbons (Fsp3) is 0.800. The molecule has 14 heavy (non-hydrogen) atoms. The van der Waals surface area contributed by atoms with Crippen LogP contribution < -0.4 is 0 Å². The number of β-amino-alcohol motifs (C(OH)–C–C–N with tert-alkyl or cyclic N) is 1. The average Bonchev–Trinajstić information content (AvgIpc) is 2.32. The number of imide groups is 1. The molecule has 2 unspecified atom stereocenters. The van der Waals surface area contributed by atoms with E-state index in [1.807, 2.05) is 6.92 Å². The highest BCUT2D eigenvalue weighted by molar-refractivity contribution is 6.03. The molecule has 2 atom stereocenters. The van der Waals surface area contributed by atoms with E-state index < -0.39 is 5.60 Å². The van der Waals surface area contributed by atoms with Crippen molar-refractivity contribution in [3.63, 3.8) is 0 Å². The van der Waals surface area contributed by atoms with Gasteiger partial charge in [0, 0.05) is 12.3 Å². The normalized spacial score (nSPS) is 26.9. The van der Waals surface area contributed by atoms with Gasteiger partial charge in [-0.05, 0) is 13.3 Å². The fourth-order valence-electron chi connectivity index (χ4n) is 1.47. The van der Waals surface area contributed by atoms with Gasteiger partial charge in [-0.3, -0.25) is 14.5 Å². The number of rotatable bonds is 3. The zero-order valence-electron chi connectivity index (χ0n) is 8.91. The minimum absolute atomic E-state index is 0.117. The summed E-state index contributed by atoms with van der Waals surface area (Å²) in [5, 5.41) is 9.76. The predicted octanol–water partition coefficient (Wildman–Crippen LogP) is 0.542. The van der Waals surface area contributed by atoms with Crippen molar-refractivity contribution in [1.29, 1.82) is 0 Å². The molecule has 1 saturated heterocycles. The lowest BCUT2D eigenvalue weighted by Gasteiger charge is -2.26. The van der Waals surface area contributed by atoms with E-state index >= 15 is 0 Å². The second-order valence-corrected chi connectivity index (χ2v) is 4.27. The van der Waals surface area contributed by atoms with E-state index in [0.29, 0.717) is 6.42 Å². The summed E-state index contributed by atoms with van der Waals surface area (Å²) >= 11 is 0. The molecule has 1 aliphatic heterocycles. The third-order valence-electron chi connectivity index (χ3n) is 2.73. The number of nitrogens with zero attached hydrogens (tertiary/aromatic N) is 1. The van der Waals surface area contributed by atoms with Gasteiger partial charge in [0.2, 0.25) is 11.8 Å². The van der Waals surface area contributed by atoms with Crippen molar-refractivity contribution in [1.82, 2.24) is 4.90 Å². The van der Waals surface area contributed by atoms with Crippen molar-refractivity contribution < 1.29 is 14.7 Å². The van der Waals surface area contributed by atoms with Gasteiger partial charge in [-0.1, -0.05) is 13.8 Å². The highest BCUT2D eigenvalue weighted by Crippen LogP contribution is 2.22. The molecule has 2 amide bonds. The summed E-state index contributed by atoms with van der Waals surface area (Å²) in [5.74, 6) is -0.560. The van der Waals surface area contributed by atoms with Crippen molar-refractivity contribution in [3.8, 4) is 0 Å². The van der Waals surface area contributed by atoms with Crippen molar-refractivity contribution in [2.45, 2.75) is 39.2 Å². The van der Waals surface area contributed by atoms with Gasteiger partial charge in [0.25, 0.3) is 0 Å². The van der Waals surface area contributed by atoms with Crippen molar-refractivity contribution in [2.24, 2.45) is 5.92 Å². The molecule has 4 heteroatoms. The molecule has 1 aliphatic rings. The first-order valence-corrected chi connectivity index (χ1v) is 4.94. The van der Waals surface area contributed by atoms with E-state index in [-0.39, 0.29) is 30.7 Å². The van der Waals surface area contributed by atoms with Crippen LogP contribution in [-0.2, 0) is 9.59 Å². The number of carbonyl (C=O) groups is 2. The largest absolute Gasteiger partial charge is 0.388 e. The minimum atomic E-state index is -0.963. The highest BCUT2D eigenvalue weighted by Gasteiger charge is 2.38. The van der Waals surface area contributed by atoms with Crippen LogP contribution in [0.3, 0.4) is 0 Å². The van der Waals surface area contributed by atoms with E-state index in [1.165, 1.54) is 4.90 Å². The summed E-state index contributed by atoms with van der Waals surface area (Å²) in [7, 11) is 0. The quantitative estimate of drug-likeness (QED) is 0.675. The Balaban J connectivity index is 2.70. The number of amides is 2. The maximum Gasteiger partial charge on any atom is 0.232 e. The molecule has 0 aromatic carbocycles. The Morgan fingerprint density at radius 2 is 2.14 bits per heavy atom. The third kappa shape index (κ3) is 2.12. The molecule has 1 N–H and O–H groups in total. The molecule has 0 aromatic rings. The van der Waals surface area contributed by atoms with E-state index in [1.54, 1.807) is 13.8 Å². The summed E-state index contributed by atoms with van der Waals surface area (Å²) in [6.45, 7) is 5.32. The van der Waals surface area contributed by atoms with Crippen LogP contribution in [0, 0.1) is 5.92 Å². The Hall–Kier alpha value is -0.900.